The van der Waals surface area contributed by atoms with Crippen LogP contribution in [-0.4, -0.2) is 20.4 Å². The SMILES string of the molecule is C#CCC(=O)NCc1ccc(Cn2c(CCCC)nc3c(N)nc4ccccc4c32)cc1. The molecule has 0 saturated heterocycles. The topological polar surface area (TPSA) is 85.8 Å². The predicted octanol–water partition coefficient (Wildman–Crippen LogP) is 4.20. The van der Waals surface area contributed by atoms with Crippen LogP contribution in [0.2, 0.25) is 0 Å². The molecule has 2 heterocycles. The van der Waals surface area contributed by atoms with Crippen molar-refractivity contribution in [1.82, 2.24) is 19.9 Å². The lowest BCUT2D eigenvalue weighted by Gasteiger charge is -2.12. The smallest absolute Gasteiger partial charge is 0.232 e. The zero-order valence-corrected chi connectivity index (χ0v) is 18.3. The molecule has 6 heteroatoms. The average molecular weight is 426 g/mol. The summed E-state index contributed by atoms with van der Waals surface area (Å²) in [7, 11) is 0. The highest BCUT2D eigenvalue weighted by Crippen LogP contribution is 2.30. The Hall–Kier alpha value is -3.85. The second kappa shape index (κ2) is 9.52. The molecule has 0 saturated carbocycles. The molecule has 6 nitrogen and oxygen atoms in total. The molecule has 2 aromatic carbocycles. The van der Waals surface area contributed by atoms with Crippen molar-refractivity contribution < 1.29 is 4.79 Å². The number of anilines is 1. The molecule has 1 amide bonds. The Morgan fingerprint density at radius 1 is 1.12 bits per heavy atom. The monoisotopic (exact) mass is 425 g/mol. The Morgan fingerprint density at radius 2 is 1.88 bits per heavy atom. The number of carbonyl (C=O) groups excluding carboxylic acids is 1. The van der Waals surface area contributed by atoms with Gasteiger partial charge in [-0.2, -0.15) is 0 Å². The maximum atomic E-state index is 11.6. The molecular weight excluding hydrogens is 398 g/mol. The van der Waals surface area contributed by atoms with Crippen molar-refractivity contribution in [2.75, 3.05) is 5.73 Å². The van der Waals surface area contributed by atoms with E-state index in [1.165, 1.54) is 0 Å². The lowest BCUT2D eigenvalue weighted by molar-refractivity contribution is -0.120. The standard InChI is InChI=1S/C26H27N5O/c1-3-5-11-22-30-24-25(20-9-6-7-10-21(20)29-26(24)27)31(22)17-19-14-12-18(13-15-19)16-28-23(32)8-4-2/h2,6-7,9-10,12-15H,3,5,8,11,16-17H2,1H3,(H2,27,29)(H,28,32). The summed E-state index contributed by atoms with van der Waals surface area (Å²) in [6.07, 6.45) is 8.32. The lowest BCUT2D eigenvalue weighted by Crippen LogP contribution is -2.21. The number of aromatic nitrogens is 3. The minimum atomic E-state index is -0.139. The number of nitrogens with two attached hydrogens (primary N) is 1. The number of fused-ring (bicyclic) bond motifs is 3. The summed E-state index contributed by atoms with van der Waals surface area (Å²) in [5.74, 6) is 3.71. The highest BCUT2D eigenvalue weighted by atomic mass is 16.1. The molecule has 0 bridgehead atoms. The molecule has 162 valence electrons. The van der Waals surface area contributed by atoms with Crippen molar-refractivity contribution in [1.29, 1.82) is 0 Å². The summed E-state index contributed by atoms with van der Waals surface area (Å²) in [5.41, 5.74) is 11.1. The van der Waals surface area contributed by atoms with Crippen LogP contribution in [0.15, 0.2) is 48.5 Å². The van der Waals surface area contributed by atoms with Crippen molar-refractivity contribution in [3.63, 3.8) is 0 Å². The lowest BCUT2D eigenvalue weighted by atomic mass is 10.1. The molecule has 4 rings (SSSR count). The van der Waals surface area contributed by atoms with Gasteiger partial charge in [0.2, 0.25) is 5.91 Å². The Kier molecular flexibility index (Phi) is 6.37. The van der Waals surface area contributed by atoms with E-state index in [9.17, 15) is 4.79 Å². The van der Waals surface area contributed by atoms with Crippen molar-refractivity contribution in [3.05, 3.63) is 65.5 Å². The maximum Gasteiger partial charge on any atom is 0.232 e. The zero-order valence-electron chi connectivity index (χ0n) is 18.3. The van der Waals surface area contributed by atoms with Gasteiger partial charge in [0.05, 0.1) is 17.5 Å². The van der Waals surface area contributed by atoms with Gasteiger partial charge in [0.1, 0.15) is 11.3 Å². The number of imidazole rings is 1. The second-order valence-corrected chi connectivity index (χ2v) is 7.90. The summed E-state index contributed by atoms with van der Waals surface area (Å²) in [6.45, 7) is 3.33. The molecule has 0 atom stereocenters. The molecular formula is C26H27N5O. The van der Waals surface area contributed by atoms with E-state index >= 15 is 0 Å². The number of rotatable bonds is 8. The molecule has 4 aromatic rings. The first kappa shape index (κ1) is 21.4. The number of hydrogen-bond donors (Lipinski definition) is 2. The van der Waals surface area contributed by atoms with E-state index < -0.39 is 0 Å². The molecule has 0 radical (unpaired) electrons. The molecule has 0 aliphatic heterocycles. The summed E-state index contributed by atoms with van der Waals surface area (Å²) in [5, 5.41) is 3.89. The fraction of sp³-hybridized carbons (Fsp3) is 0.269. The largest absolute Gasteiger partial charge is 0.382 e. The quantitative estimate of drug-likeness (QED) is 0.414. The predicted molar refractivity (Wildman–Crippen MR) is 129 cm³/mol. The van der Waals surface area contributed by atoms with E-state index in [1.54, 1.807) is 0 Å². The fourth-order valence-corrected chi connectivity index (χ4v) is 3.90. The summed E-state index contributed by atoms with van der Waals surface area (Å²) >= 11 is 0. The Balaban J connectivity index is 1.68. The van der Waals surface area contributed by atoms with Crippen LogP contribution in [0, 0.1) is 12.3 Å². The second-order valence-electron chi connectivity index (χ2n) is 7.90. The molecule has 0 aliphatic carbocycles. The van der Waals surface area contributed by atoms with Gasteiger partial charge in [-0.25, -0.2) is 9.97 Å². The molecule has 0 spiro atoms. The van der Waals surface area contributed by atoms with Crippen molar-refractivity contribution in [2.24, 2.45) is 0 Å². The van der Waals surface area contributed by atoms with Crippen molar-refractivity contribution in [3.8, 4) is 12.3 Å². The van der Waals surface area contributed by atoms with Gasteiger partial charge in [-0.3, -0.25) is 4.79 Å². The number of nitrogens with zero attached hydrogens (tertiary/aromatic N) is 3. The Labute approximate surface area is 187 Å². The minimum absolute atomic E-state index is 0.0955. The maximum absolute atomic E-state index is 11.6. The third-order valence-corrected chi connectivity index (χ3v) is 5.56. The van der Waals surface area contributed by atoms with E-state index in [0.29, 0.717) is 18.9 Å². The zero-order chi connectivity index (χ0) is 22.5. The Bertz CT molecular complexity index is 1300. The van der Waals surface area contributed by atoms with Gasteiger partial charge in [-0.05, 0) is 23.6 Å². The van der Waals surface area contributed by atoms with Crippen LogP contribution in [0.4, 0.5) is 5.82 Å². The van der Waals surface area contributed by atoms with Gasteiger partial charge in [-0.1, -0.05) is 61.7 Å². The van der Waals surface area contributed by atoms with Crippen LogP contribution >= 0.6 is 0 Å². The fourth-order valence-electron chi connectivity index (χ4n) is 3.90. The number of aryl methyl sites for hydroxylation is 1. The van der Waals surface area contributed by atoms with Crippen LogP contribution < -0.4 is 11.1 Å². The first-order valence-electron chi connectivity index (χ1n) is 10.9. The van der Waals surface area contributed by atoms with Gasteiger partial charge in [-0.15, -0.1) is 6.42 Å². The van der Waals surface area contributed by atoms with Gasteiger partial charge in [0.25, 0.3) is 0 Å². The van der Waals surface area contributed by atoms with Crippen LogP contribution in [0.25, 0.3) is 21.9 Å². The van der Waals surface area contributed by atoms with Gasteiger partial charge in [0, 0.05) is 24.9 Å². The number of hydrogen-bond acceptors (Lipinski definition) is 4. The minimum Gasteiger partial charge on any atom is -0.382 e. The highest BCUT2D eigenvalue weighted by Gasteiger charge is 2.17. The first-order valence-corrected chi connectivity index (χ1v) is 10.9. The number of para-hydroxylation sites is 1. The number of nitrogens with one attached hydrogen (secondary N) is 1. The summed E-state index contributed by atoms with van der Waals surface area (Å²) in [4.78, 5) is 21.1. The highest BCUT2D eigenvalue weighted by molar-refractivity contribution is 6.06. The average Bonchev–Trinajstić information content (AvgIpc) is 3.16. The number of pyridine rings is 1. The van der Waals surface area contributed by atoms with E-state index in [4.69, 9.17) is 17.1 Å². The van der Waals surface area contributed by atoms with E-state index in [0.717, 1.165) is 58.2 Å². The molecule has 0 aliphatic rings. The summed E-state index contributed by atoms with van der Waals surface area (Å²) in [6, 6.07) is 16.3. The van der Waals surface area contributed by atoms with E-state index in [2.05, 4.69) is 45.9 Å². The third-order valence-electron chi connectivity index (χ3n) is 5.56. The van der Waals surface area contributed by atoms with Crippen molar-refractivity contribution in [2.45, 2.75) is 45.7 Å². The van der Waals surface area contributed by atoms with Crippen LogP contribution in [-0.2, 0) is 24.3 Å². The van der Waals surface area contributed by atoms with Crippen LogP contribution in [0.3, 0.4) is 0 Å². The van der Waals surface area contributed by atoms with E-state index in [-0.39, 0.29) is 12.3 Å². The third kappa shape index (κ3) is 4.42. The normalized spacial score (nSPS) is 11.0. The van der Waals surface area contributed by atoms with Crippen LogP contribution in [0.1, 0.15) is 43.1 Å². The van der Waals surface area contributed by atoms with Crippen molar-refractivity contribution >= 4 is 33.7 Å². The van der Waals surface area contributed by atoms with Gasteiger partial charge >= 0.3 is 0 Å². The molecule has 32 heavy (non-hydrogen) atoms. The number of unbranched alkanes of at least 4 members (excludes halogenated alkanes) is 1. The van der Waals surface area contributed by atoms with Crippen LogP contribution in [0.5, 0.6) is 0 Å². The molecule has 0 fully saturated rings. The van der Waals surface area contributed by atoms with E-state index in [1.807, 2.05) is 30.3 Å². The van der Waals surface area contributed by atoms with Gasteiger partial charge in [0.15, 0.2) is 5.82 Å². The first-order chi connectivity index (χ1) is 15.6. The number of carbonyl (C=O) groups is 1. The molecule has 3 N–H and O–H groups in total. The summed E-state index contributed by atoms with van der Waals surface area (Å²) < 4.78 is 2.27. The number of nitrogen functional groups attached to an aromatic ring is 1. The Morgan fingerprint density at radius 3 is 2.62 bits per heavy atom. The molecule has 0 unspecified atom stereocenters. The molecule has 2 aromatic heterocycles. The number of benzene rings is 2. The van der Waals surface area contributed by atoms with Gasteiger partial charge < -0.3 is 15.6 Å². The number of amides is 1. The number of terminal acetylenes is 1.